The number of aromatic nitrogens is 5. The Balaban J connectivity index is 1.38. The van der Waals surface area contributed by atoms with Crippen LogP contribution in [0, 0.1) is 5.82 Å². The van der Waals surface area contributed by atoms with E-state index in [4.69, 9.17) is 14.6 Å². The summed E-state index contributed by atoms with van der Waals surface area (Å²) in [5.41, 5.74) is 3.05. The van der Waals surface area contributed by atoms with E-state index in [0.29, 0.717) is 51.1 Å². The van der Waals surface area contributed by atoms with Crippen molar-refractivity contribution in [3.8, 4) is 39.8 Å². The van der Waals surface area contributed by atoms with E-state index in [1.165, 1.54) is 21.9 Å². The summed E-state index contributed by atoms with van der Waals surface area (Å²) in [6, 6.07) is 21.7. The van der Waals surface area contributed by atoms with Gasteiger partial charge in [0.25, 0.3) is 5.56 Å². The van der Waals surface area contributed by atoms with Crippen LogP contribution in [0.2, 0.25) is 0 Å². The first kappa shape index (κ1) is 28.0. The van der Waals surface area contributed by atoms with Crippen molar-refractivity contribution in [1.29, 1.82) is 0 Å². The molecule has 0 radical (unpaired) electrons. The fourth-order valence-corrected chi connectivity index (χ4v) is 5.37. The van der Waals surface area contributed by atoms with Crippen molar-refractivity contribution < 1.29 is 13.9 Å². The number of thiazole rings is 1. The number of para-hydroxylation sites is 1. The first-order valence-electron chi connectivity index (χ1n) is 13.9. The van der Waals surface area contributed by atoms with Crippen molar-refractivity contribution in [3.05, 3.63) is 118 Å². The number of hydrogen-bond acceptors (Lipinski definition) is 7. The summed E-state index contributed by atoms with van der Waals surface area (Å²) in [6.07, 6.45) is 7.06. The molecule has 0 N–H and O–H groups in total. The summed E-state index contributed by atoms with van der Waals surface area (Å²) < 4.78 is 29.6. The Hall–Kier alpha value is -5.09. The second-order valence-electron chi connectivity index (χ2n) is 9.73. The van der Waals surface area contributed by atoms with E-state index in [9.17, 15) is 4.79 Å². The van der Waals surface area contributed by atoms with Gasteiger partial charge in [-0.15, -0.1) is 5.10 Å². The molecule has 0 atom stereocenters. The Morgan fingerprint density at radius 1 is 1.00 bits per heavy atom. The maximum absolute atomic E-state index is 15.0. The molecule has 0 saturated carbocycles. The molecule has 216 valence electrons. The van der Waals surface area contributed by atoms with Crippen LogP contribution in [0.5, 0.6) is 11.5 Å². The monoisotopic (exact) mass is 593 g/mol. The number of rotatable bonds is 11. The summed E-state index contributed by atoms with van der Waals surface area (Å²) in [5.74, 6) is 0.883. The molecule has 0 aliphatic rings. The van der Waals surface area contributed by atoms with Gasteiger partial charge >= 0.3 is 0 Å². The molecule has 0 bridgehead atoms. The van der Waals surface area contributed by atoms with Gasteiger partial charge in [-0.1, -0.05) is 55.5 Å². The molecule has 3 aromatic heterocycles. The Kier molecular flexibility index (Phi) is 8.10. The highest BCUT2D eigenvalue weighted by atomic mass is 32.1. The lowest BCUT2D eigenvalue weighted by molar-refractivity contribution is 0.294. The predicted molar refractivity (Wildman–Crippen MR) is 166 cm³/mol. The average Bonchev–Trinajstić information content (AvgIpc) is 3.72. The number of unbranched alkanes of at least 4 members (excludes halogenated alkanes) is 1. The van der Waals surface area contributed by atoms with Gasteiger partial charge in [0.2, 0.25) is 4.96 Å². The van der Waals surface area contributed by atoms with Crippen LogP contribution in [0.25, 0.3) is 39.4 Å². The Morgan fingerprint density at radius 2 is 1.79 bits per heavy atom. The van der Waals surface area contributed by atoms with E-state index in [1.807, 2.05) is 60.8 Å². The van der Waals surface area contributed by atoms with E-state index in [-0.39, 0.29) is 11.3 Å². The van der Waals surface area contributed by atoms with E-state index in [1.54, 1.807) is 29.0 Å². The normalized spacial score (nSPS) is 11.7. The molecule has 0 unspecified atom stereocenters. The van der Waals surface area contributed by atoms with Crippen molar-refractivity contribution >= 4 is 22.4 Å². The van der Waals surface area contributed by atoms with Crippen LogP contribution in [0.3, 0.4) is 0 Å². The zero-order valence-electron chi connectivity index (χ0n) is 23.4. The van der Waals surface area contributed by atoms with E-state index >= 15 is 4.39 Å². The molecule has 3 aromatic carbocycles. The maximum atomic E-state index is 15.0. The molecular formula is C33H28FN5O3S. The number of hydrogen-bond donors (Lipinski definition) is 0. The molecule has 0 spiro atoms. The molecule has 0 saturated heterocycles. The SMILES string of the molecule is C=CCOc1ccc(-c2nc3s/c(=C\c4cn(-c5ccccc5)nc4-c4ccc(OCCCC)c(F)c4)c(=O)n3n2)cc1. The first-order valence-corrected chi connectivity index (χ1v) is 14.7. The maximum Gasteiger partial charge on any atom is 0.291 e. The minimum atomic E-state index is -0.468. The van der Waals surface area contributed by atoms with E-state index in [2.05, 4.69) is 23.6 Å². The van der Waals surface area contributed by atoms with Crippen molar-refractivity contribution in [2.75, 3.05) is 13.2 Å². The number of halogens is 1. The molecule has 10 heteroatoms. The van der Waals surface area contributed by atoms with Gasteiger partial charge in [-0.25, -0.2) is 9.07 Å². The largest absolute Gasteiger partial charge is 0.491 e. The highest BCUT2D eigenvalue weighted by molar-refractivity contribution is 7.15. The summed E-state index contributed by atoms with van der Waals surface area (Å²) in [4.78, 5) is 18.5. The standard InChI is InChI=1S/C33H28FN5O3S/c1-3-5-18-42-28-16-13-23(19-27(28)34)30-24(21-38(36-30)25-9-7-6-8-10-25)20-29-32(40)39-33(43-29)35-31(37-39)22-11-14-26(15-12-22)41-17-4-2/h4,6-16,19-21H,2-3,5,17-18H2,1H3/b29-20-. The lowest BCUT2D eigenvalue weighted by Crippen LogP contribution is -2.23. The average molecular weight is 594 g/mol. The van der Waals surface area contributed by atoms with Crippen LogP contribution in [-0.4, -0.2) is 37.6 Å². The second kappa shape index (κ2) is 12.4. The van der Waals surface area contributed by atoms with E-state index < -0.39 is 5.82 Å². The zero-order chi connectivity index (χ0) is 29.8. The van der Waals surface area contributed by atoms with Crippen LogP contribution in [0.15, 0.2) is 96.4 Å². The molecule has 0 fully saturated rings. The highest BCUT2D eigenvalue weighted by Gasteiger charge is 2.16. The Morgan fingerprint density at radius 3 is 2.51 bits per heavy atom. The topological polar surface area (TPSA) is 83.5 Å². The highest BCUT2D eigenvalue weighted by Crippen LogP contribution is 2.29. The molecule has 6 rings (SSSR count). The van der Waals surface area contributed by atoms with Crippen LogP contribution >= 0.6 is 11.3 Å². The number of benzene rings is 3. The van der Waals surface area contributed by atoms with Gasteiger partial charge in [0.1, 0.15) is 18.1 Å². The van der Waals surface area contributed by atoms with Gasteiger partial charge in [0, 0.05) is 22.9 Å². The first-order chi connectivity index (χ1) is 21.0. The Bertz CT molecular complexity index is 2000. The van der Waals surface area contributed by atoms with Gasteiger partial charge in [-0.2, -0.15) is 14.6 Å². The molecule has 43 heavy (non-hydrogen) atoms. The van der Waals surface area contributed by atoms with Gasteiger partial charge in [-0.3, -0.25) is 4.79 Å². The molecule has 0 aliphatic carbocycles. The van der Waals surface area contributed by atoms with Gasteiger partial charge < -0.3 is 9.47 Å². The molecule has 8 nitrogen and oxygen atoms in total. The quantitative estimate of drug-likeness (QED) is 0.133. The van der Waals surface area contributed by atoms with Gasteiger partial charge in [0.15, 0.2) is 17.4 Å². The van der Waals surface area contributed by atoms with Crippen LogP contribution in [0.1, 0.15) is 25.3 Å². The minimum Gasteiger partial charge on any atom is -0.491 e. The van der Waals surface area contributed by atoms with Gasteiger partial charge in [0.05, 0.1) is 16.8 Å². The molecule has 0 aliphatic heterocycles. The molecule has 0 amide bonds. The van der Waals surface area contributed by atoms with Crippen LogP contribution in [0.4, 0.5) is 4.39 Å². The summed E-state index contributed by atoms with van der Waals surface area (Å²) in [7, 11) is 0. The second-order valence-corrected chi connectivity index (χ2v) is 10.7. The number of fused-ring (bicyclic) bond motifs is 1. The van der Waals surface area contributed by atoms with Crippen LogP contribution < -0.4 is 19.6 Å². The van der Waals surface area contributed by atoms with E-state index in [0.717, 1.165) is 24.1 Å². The van der Waals surface area contributed by atoms with Crippen molar-refractivity contribution in [3.63, 3.8) is 0 Å². The van der Waals surface area contributed by atoms with Gasteiger partial charge in [-0.05, 0) is 67.1 Å². The third-order valence-corrected chi connectivity index (χ3v) is 7.63. The smallest absolute Gasteiger partial charge is 0.291 e. The number of nitrogens with zero attached hydrogens (tertiary/aromatic N) is 5. The molecule has 3 heterocycles. The molecule has 6 aromatic rings. The fraction of sp³-hybridized carbons (Fsp3) is 0.152. The van der Waals surface area contributed by atoms with Crippen LogP contribution in [-0.2, 0) is 0 Å². The third-order valence-electron chi connectivity index (χ3n) is 6.67. The predicted octanol–water partition coefficient (Wildman–Crippen LogP) is 6.10. The fourth-order valence-electron chi connectivity index (χ4n) is 4.47. The van der Waals surface area contributed by atoms with Crippen molar-refractivity contribution in [2.45, 2.75) is 19.8 Å². The molecular weight excluding hydrogens is 565 g/mol. The lowest BCUT2D eigenvalue weighted by atomic mass is 10.1. The Labute approximate surface area is 251 Å². The van der Waals surface area contributed by atoms with Crippen molar-refractivity contribution in [1.82, 2.24) is 24.4 Å². The number of ether oxygens (including phenoxy) is 2. The summed E-state index contributed by atoms with van der Waals surface area (Å²) >= 11 is 1.23. The summed E-state index contributed by atoms with van der Waals surface area (Å²) in [5, 5.41) is 9.23. The zero-order valence-corrected chi connectivity index (χ0v) is 24.3. The lowest BCUT2D eigenvalue weighted by Gasteiger charge is -2.08. The van der Waals surface area contributed by atoms with Crippen molar-refractivity contribution in [2.24, 2.45) is 0 Å². The summed E-state index contributed by atoms with van der Waals surface area (Å²) in [6.45, 7) is 6.57. The third kappa shape index (κ3) is 5.96. The minimum absolute atomic E-state index is 0.201.